The van der Waals surface area contributed by atoms with Gasteiger partial charge >= 0.3 is 0 Å². The molecule has 0 radical (unpaired) electrons. The van der Waals surface area contributed by atoms with Gasteiger partial charge in [0, 0.05) is 18.8 Å². The van der Waals surface area contributed by atoms with Gasteiger partial charge in [-0.25, -0.2) is 0 Å². The third-order valence-electron chi connectivity index (χ3n) is 3.39. The van der Waals surface area contributed by atoms with Crippen molar-refractivity contribution in [2.75, 3.05) is 24.5 Å². The summed E-state index contributed by atoms with van der Waals surface area (Å²) in [6.07, 6.45) is 3.68. The summed E-state index contributed by atoms with van der Waals surface area (Å²) in [5.74, 6) is 0.831. The van der Waals surface area contributed by atoms with Gasteiger partial charge in [0.15, 0.2) is 0 Å². The molecule has 2 nitrogen and oxygen atoms in total. The van der Waals surface area contributed by atoms with E-state index in [4.69, 9.17) is 5.73 Å². The minimum absolute atomic E-state index is 0. The molecular weight excluding hydrogens is 232 g/mol. The van der Waals surface area contributed by atoms with Crippen molar-refractivity contribution < 1.29 is 0 Å². The summed E-state index contributed by atoms with van der Waals surface area (Å²) >= 11 is 0. The van der Waals surface area contributed by atoms with Crippen molar-refractivity contribution in [3.05, 3.63) is 29.8 Å². The third kappa shape index (κ3) is 3.90. The summed E-state index contributed by atoms with van der Waals surface area (Å²) in [6.45, 7) is 5.49. The van der Waals surface area contributed by atoms with Crippen molar-refractivity contribution in [3.63, 3.8) is 0 Å². The van der Waals surface area contributed by atoms with Crippen molar-refractivity contribution in [2.24, 2.45) is 11.7 Å². The number of anilines is 1. The van der Waals surface area contributed by atoms with Crippen molar-refractivity contribution in [1.29, 1.82) is 0 Å². The minimum atomic E-state index is 0. The van der Waals surface area contributed by atoms with Crippen molar-refractivity contribution >= 4 is 18.1 Å². The van der Waals surface area contributed by atoms with Crippen molar-refractivity contribution in [2.45, 2.75) is 26.2 Å². The summed E-state index contributed by atoms with van der Waals surface area (Å²) in [5.41, 5.74) is 8.26. The van der Waals surface area contributed by atoms with Crippen LogP contribution in [0, 0.1) is 5.92 Å². The zero-order valence-electron chi connectivity index (χ0n) is 10.6. The summed E-state index contributed by atoms with van der Waals surface area (Å²) in [4.78, 5) is 2.50. The van der Waals surface area contributed by atoms with Gasteiger partial charge in [0.05, 0.1) is 0 Å². The summed E-state index contributed by atoms with van der Waals surface area (Å²) in [6, 6.07) is 8.90. The van der Waals surface area contributed by atoms with Crippen LogP contribution in [0.5, 0.6) is 0 Å². The molecule has 1 heterocycles. The largest absolute Gasteiger partial charge is 0.371 e. The molecule has 1 atom stereocenters. The monoisotopic (exact) mass is 254 g/mol. The predicted molar refractivity (Wildman–Crippen MR) is 77.1 cm³/mol. The Kier molecular flexibility index (Phi) is 5.79. The van der Waals surface area contributed by atoms with Gasteiger partial charge < -0.3 is 10.6 Å². The number of hydrogen-bond acceptors (Lipinski definition) is 2. The Morgan fingerprint density at radius 1 is 1.29 bits per heavy atom. The molecule has 1 aromatic carbocycles. The lowest BCUT2D eigenvalue weighted by Gasteiger charge is -2.32. The van der Waals surface area contributed by atoms with E-state index in [1.807, 2.05) is 0 Å². The van der Waals surface area contributed by atoms with Crippen LogP contribution in [0.1, 0.15) is 25.3 Å². The molecule has 17 heavy (non-hydrogen) atoms. The maximum atomic E-state index is 5.55. The first kappa shape index (κ1) is 14.3. The van der Waals surface area contributed by atoms with Crippen LogP contribution in [-0.2, 0) is 6.42 Å². The zero-order valence-corrected chi connectivity index (χ0v) is 11.4. The molecule has 2 rings (SSSR count). The Hall–Kier alpha value is -0.730. The van der Waals surface area contributed by atoms with Crippen molar-refractivity contribution in [1.82, 2.24) is 0 Å². The van der Waals surface area contributed by atoms with Gasteiger partial charge in [0.2, 0.25) is 0 Å². The van der Waals surface area contributed by atoms with E-state index in [1.165, 1.54) is 37.2 Å². The van der Waals surface area contributed by atoms with Crippen LogP contribution < -0.4 is 10.6 Å². The summed E-state index contributed by atoms with van der Waals surface area (Å²) < 4.78 is 0. The number of piperidine rings is 1. The Bertz CT molecular complexity index is 323. The first-order chi connectivity index (χ1) is 7.79. The van der Waals surface area contributed by atoms with E-state index >= 15 is 0 Å². The molecule has 2 N–H and O–H groups in total. The van der Waals surface area contributed by atoms with Gasteiger partial charge in [-0.15, -0.1) is 12.4 Å². The number of rotatable bonds is 3. The number of nitrogens with zero attached hydrogens (tertiary/aromatic N) is 1. The fourth-order valence-corrected chi connectivity index (χ4v) is 2.46. The first-order valence-corrected chi connectivity index (χ1v) is 6.33. The third-order valence-corrected chi connectivity index (χ3v) is 3.39. The Balaban J connectivity index is 0.00000144. The van der Waals surface area contributed by atoms with Crippen LogP contribution in [0.4, 0.5) is 5.69 Å². The summed E-state index contributed by atoms with van der Waals surface area (Å²) in [5, 5.41) is 0. The molecule has 1 fully saturated rings. The van der Waals surface area contributed by atoms with E-state index in [-0.39, 0.29) is 12.4 Å². The molecule has 0 spiro atoms. The molecular formula is C14H23ClN2. The molecule has 1 saturated heterocycles. The van der Waals surface area contributed by atoms with E-state index in [1.54, 1.807) is 0 Å². The fourth-order valence-electron chi connectivity index (χ4n) is 2.46. The van der Waals surface area contributed by atoms with Gasteiger partial charge in [-0.1, -0.05) is 19.1 Å². The smallest absolute Gasteiger partial charge is 0.0366 e. The lowest BCUT2D eigenvalue weighted by Crippen LogP contribution is -2.34. The van der Waals surface area contributed by atoms with Gasteiger partial charge in [0.1, 0.15) is 0 Å². The van der Waals surface area contributed by atoms with Crippen LogP contribution in [0.15, 0.2) is 24.3 Å². The predicted octanol–water partition coefficient (Wildman–Crippen LogP) is 2.85. The molecule has 0 amide bonds. The number of benzene rings is 1. The fraction of sp³-hybridized carbons (Fsp3) is 0.571. The van der Waals surface area contributed by atoms with E-state index in [2.05, 4.69) is 36.1 Å². The van der Waals surface area contributed by atoms with E-state index in [0.717, 1.165) is 18.9 Å². The standard InChI is InChI=1S/C14H22N2.ClH/c1-12-3-2-10-16(11-12)14-6-4-13(5-7-14)8-9-15;/h4-7,12H,2-3,8-11,15H2,1H3;1H. The highest BCUT2D eigenvalue weighted by Crippen LogP contribution is 2.23. The first-order valence-electron chi connectivity index (χ1n) is 6.33. The highest BCUT2D eigenvalue weighted by molar-refractivity contribution is 5.85. The van der Waals surface area contributed by atoms with Gasteiger partial charge in [-0.05, 0) is 49.4 Å². The molecule has 0 aromatic heterocycles. The van der Waals surface area contributed by atoms with Crippen molar-refractivity contribution in [3.8, 4) is 0 Å². The Morgan fingerprint density at radius 2 is 2.00 bits per heavy atom. The average molecular weight is 255 g/mol. The van der Waals surface area contributed by atoms with Gasteiger partial charge in [-0.3, -0.25) is 0 Å². The SMILES string of the molecule is CC1CCCN(c2ccc(CCN)cc2)C1.Cl. The van der Waals surface area contributed by atoms with E-state index < -0.39 is 0 Å². The van der Waals surface area contributed by atoms with Crippen LogP contribution >= 0.6 is 12.4 Å². The molecule has 0 aliphatic carbocycles. The minimum Gasteiger partial charge on any atom is -0.371 e. The lowest BCUT2D eigenvalue weighted by molar-refractivity contribution is 0.447. The number of halogens is 1. The molecule has 96 valence electrons. The van der Waals surface area contributed by atoms with Gasteiger partial charge in [0.25, 0.3) is 0 Å². The second-order valence-electron chi connectivity index (χ2n) is 4.90. The molecule has 3 heteroatoms. The van der Waals surface area contributed by atoms with Crippen LogP contribution in [-0.4, -0.2) is 19.6 Å². The average Bonchev–Trinajstić information content (AvgIpc) is 2.30. The van der Waals surface area contributed by atoms with Crippen LogP contribution in [0.25, 0.3) is 0 Å². The summed E-state index contributed by atoms with van der Waals surface area (Å²) in [7, 11) is 0. The lowest BCUT2D eigenvalue weighted by atomic mass is 9.99. The maximum Gasteiger partial charge on any atom is 0.0366 e. The Morgan fingerprint density at radius 3 is 2.59 bits per heavy atom. The second-order valence-corrected chi connectivity index (χ2v) is 4.90. The molecule has 1 unspecified atom stereocenters. The molecule has 0 bridgehead atoms. The van der Waals surface area contributed by atoms with E-state index in [0.29, 0.717) is 0 Å². The maximum absolute atomic E-state index is 5.55. The highest BCUT2D eigenvalue weighted by atomic mass is 35.5. The molecule has 0 saturated carbocycles. The quantitative estimate of drug-likeness (QED) is 0.899. The molecule has 1 aromatic rings. The second kappa shape index (κ2) is 6.87. The normalized spacial score (nSPS) is 19.9. The van der Waals surface area contributed by atoms with Gasteiger partial charge in [-0.2, -0.15) is 0 Å². The zero-order chi connectivity index (χ0) is 11.4. The number of nitrogens with two attached hydrogens (primary N) is 1. The molecule has 1 aliphatic rings. The molecule has 1 aliphatic heterocycles. The number of hydrogen-bond donors (Lipinski definition) is 1. The van der Waals surface area contributed by atoms with Crippen LogP contribution in [0.3, 0.4) is 0 Å². The Labute approximate surface area is 111 Å². The topological polar surface area (TPSA) is 29.3 Å². The van der Waals surface area contributed by atoms with Crippen LogP contribution in [0.2, 0.25) is 0 Å². The van der Waals surface area contributed by atoms with E-state index in [9.17, 15) is 0 Å². The highest BCUT2D eigenvalue weighted by Gasteiger charge is 2.16.